The van der Waals surface area contributed by atoms with Crippen LogP contribution < -0.4 is 14.4 Å². The van der Waals surface area contributed by atoms with Gasteiger partial charge in [0.05, 0.1) is 18.7 Å². The van der Waals surface area contributed by atoms with E-state index in [0.717, 1.165) is 36.4 Å². The van der Waals surface area contributed by atoms with Crippen LogP contribution in [0.2, 0.25) is 0 Å². The molecule has 25 heavy (non-hydrogen) atoms. The highest BCUT2D eigenvalue weighted by molar-refractivity contribution is 9.10. The zero-order valence-electron chi connectivity index (χ0n) is 14.9. The molecule has 1 atom stereocenters. The molecular weight excluding hydrogens is 382 g/mol. The summed E-state index contributed by atoms with van der Waals surface area (Å²) in [6, 6.07) is 10.8. The lowest BCUT2D eigenvalue weighted by Gasteiger charge is -2.41. The zero-order chi connectivity index (χ0) is 17.8. The number of anilines is 1. The fourth-order valence-corrected chi connectivity index (χ4v) is 3.61. The lowest BCUT2D eigenvalue weighted by molar-refractivity contribution is 0.180. The van der Waals surface area contributed by atoms with Crippen molar-refractivity contribution in [1.82, 2.24) is 9.88 Å². The van der Waals surface area contributed by atoms with Gasteiger partial charge in [-0.05, 0) is 46.6 Å². The maximum absolute atomic E-state index is 5.42. The van der Waals surface area contributed by atoms with Crippen molar-refractivity contribution in [2.45, 2.75) is 19.5 Å². The number of nitrogens with zero attached hydrogens (tertiary/aromatic N) is 3. The molecule has 0 aliphatic carbocycles. The lowest BCUT2D eigenvalue weighted by Crippen LogP contribution is -2.51. The Kier molecular flexibility index (Phi) is 5.81. The molecule has 1 fully saturated rings. The predicted molar refractivity (Wildman–Crippen MR) is 104 cm³/mol. The van der Waals surface area contributed by atoms with E-state index < -0.39 is 0 Å². The van der Waals surface area contributed by atoms with Gasteiger partial charge in [0, 0.05) is 56.2 Å². The monoisotopic (exact) mass is 405 g/mol. The number of hydrogen-bond acceptors (Lipinski definition) is 5. The van der Waals surface area contributed by atoms with Crippen LogP contribution in [-0.2, 0) is 6.54 Å². The molecule has 0 bridgehead atoms. The number of halogens is 1. The zero-order valence-corrected chi connectivity index (χ0v) is 16.5. The summed E-state index contributed by atoms with van der Waals surface area (Å²) in [5.74, 6) is 1.54. The van der Waals surface area contributed by atoms with Gasteiger partial charge < -0.3 is 14.4 Å². The summed E-state index contributed by atoms with van der Waals surface area (Å²) in [6.07, 6.45) is 1.81. The maximum atomic E-state index is 5.42. The van der Waals surface area contributed by atoms with Gasteiger partial charge in [0.15, 0.2) is 0 Å². The van der Waals surface area contributed by atoms with Gasteiger partial charge in [-0.2, -0.15) is 0 Å². The second-order valence-corrected chi connectivity index (χ2v) is 7.15. The molecule has 0 N–H and O–H groups in total. The molecule has 2 heterocycles. The third kappa shape index (κ3) is 4.25. The van der Waals surface area contributed by atoms with E-state index in [0.29, 0.717) is 11.9 Å². The van der Waals surface area contributed by atoms with Gasteiger partial charge in [0.25, 0.3) is 0 Å². The first kappa shape index (κ1) is 18.0. The van der Waals surface area contributed by atoms with E-state index in [1.165, 1.54) is 11.3 Å². The average Bonchev–Trinajstić information content (AvgIpc) is 2.64. The maximum Gasteiger partial charge on any atom is 0.213 e. The third-order valence-electron chi connectivity index (χ3n) is 4.66. The van der Waals surface area contributed by atoms with Crippen molar-refractivity contribution in [2.75, 3.05) is 38.8 Å². The summed E-state index contributed by atoms with van der Waals surface area (Å²) in [5, 5.41) is 0. The summed E-state index contributed by atoms with van der Waals surface area (Å²) >= 11 is 3.52. The first-order valence-electron chi connectivity index (χ1n) is 8.42. The van der Waals surface area contributed by atoms with Crippen LogP contribution in [0.5, 0.6) is 11.6 Å². The van der Waals surface area contributed by atoms with E-state index in [1.54, 1.807) is 14.2 Å². The van der Waals surface area contributed by atoms with E-state index in [9.17, 15) is 0 Å². The van der Waals surface area contributed by atoms with Gasteiger partial charge in [-0.3, -0.25) is 4.90 Å². The Morgan fingerprint density at radius 2 is 2.00 bits per heavy atom. The summed E-state index contributed by atoms with van der Waals surface area (Å²) in [6.45, 7) is 6.20. The molecule has 5 nitrogen and oxygen atoms in total. The molecule has 0 amide bonds. The second kappa shape index (κ2) is 8.06. The summed E-state index contributed by atoms with van der Waals surface area (Å²) in [4.78, 5) is 9.10. The first-order chi connectivity index (χ1) is 12.1. The smallest absolute Gasteiger partial charge is 0.213 e. The van der Waals surface area contributed by atoms with Crippen molar-refractivity contribution in [3.8, 4) is 11.6 Å². The number of hydrogen-bond donors (Lipinski definition) is 0. The van der Waals surface area contributed by atoms with Gasteiger partial charge in [0.1, 0.15) is 5.75 Å². The molecule has 6 heteroatoms. The van der Waals surface area contributed by atoms with Crippen LogP contribution in [0.3, 0.4) is 0 Å². The van der Waals surface area contributed by atoms with Crippen molar-refractivity contribution in [3.63, 3.8) is 0 Å². The Morgan fingerprint density at radius 3 is 2.72 bits per heavy atom. The Balaban J connectivity index is 1.66. The number of pyridine rings is 1. The topological polar surface area (TPSA) is 37.8 Å². The minimum absolute atomic E-state index is 0.461. The van der Waals surface area contributed by atoms with Crippen LogP contribution in [0.15, 0.2) is 41.0 Å². The molecule has 0 saturated carbocycles. The SMILES string of the molecule is COc1cc(CN2CCN(c3ccc(Br)c(OC)c3)C[C@@H]2C)ccn1. The molecule has 0 radical (unpaired) electrons. The largest absolute Gasteiger partial charge is 0.495 e. The van der Waals surface area contributed by atoms with E-state index in [4.69, 9.17) is 9.47 Å². The predicted octanol–water partition coefficient (Wildman–Crippen LogP) is 3.57. The quantitative estimate of drug-likeness (QED) is 0.759. The Bertz CT molecular complexity index is 726. The minimum Gasteiger partial charge on any atom is -0.495 e. The molecular formula is C19H24BrN3O2. The van der Waals surface area contributed by atoms with Crippen molar-refractivity contribution in [1.29, 1.82) is 0 Å². The number of benzene rings is 1. The van der Waals surface area contributed by atoms with Crippen molar-refractivity contribution in [2.24, 2.45) is 0 Å². The fraction of sp³-hybridized carbons (Fsp3) is 0.421. The normalized spacial score (nSPS) is 18.2. The summed E-state index contributed by atoms with van der Waals surface area (Å²) in [7, 11) is 3.35. The highest BCUT2D eigenvalue weighted by Gasteiger charge is 2.24. The molecule has 1 aromatic carbocycles. The molecule has 1 saturated heterocycles. The third-order valence-corrected chi connectivity index (χ3v) is 5.31. The number of methoxy groups -OCH3 is 2. The first-order valence-corrected chi connectivity index (χ1v) is 9.21. The fourth-order valence-electron chi connectivity index (χ4n) is 3.20. The van der Waals surface area contributed by atoms with Crippen molar-refractivity contribution < 1.29 is 9.47 Å². The molecule has 1 aliphatic rings. The van der Waals surface area contributed by atoms with Crippen LogP contribution in [-0.4, -0.2) is 49.8 Å². The Labute approximate surface area is 157 Å². The van der Waals surface area contributed by atoms with Gasteiger partial charge in [-0.25, -0.2) is 4.98 Å². The van der Waals surface area contributed by atoms with Crippen LogP contribution >= 0.6 is 15.9 Å². The molecule has 0 spiro atoms. The molecule has 134 valence electrons. The van der Waals surface area contributed by atoms with Gasteiger partial charge in [-0.15, -0.1) is 0 Å². The standard InChI is InChI=1S/C19H24BrN3O2/c1-14-12-23(16-4-5-17(20)18(11-16)24-2)9-8-22(14)13-15-6-7-21-19(10-15)25-3/h4-7,10-11,14H,8-9,12-13H2,1-3H3/t14-/m0/s1. The Hall–Kier alpha value is -1.79. The van der Waals surface area contributed by atoms with Gasteiger partial charge in [-0.1, -0.05) is 0 Å². The van der Waals surface area contributed by atoms with E-state index in [2.05, 4.69) is 61.9 Å². The van der Waals surface area contributed by atoms with Crippen molar-refractivity contribution in [3.05, 3.63) is 46.6 Å². The van der Waals surface area contributed by atoms with E-state index >= 15 is 0 Å². The number of piperazine rings is 1. The number of rotatable bonds is 5. The van der Waals surface area contributed by atoms with Crippen molar-refractivity contribution >= 4 is 21.6 Å². The number of aromatic nitrogens is 1. The van der Waals surface area contributed by atoms with Crippen LogP contribution in [0, 0.1) is 0 Å². The van der Waals surface area contributed by atoms with E-state index in [-0.39, 0.29) is 0 Å². The van der Waals surface area contributed by atoms with Crippen LogP contribution in [0.1, 0.15) is 12.5 Å². The summed E-state index contributed by atoms with van der Waals surface area (Å²) < 4.78 is 11.6. The van der Waals surface area contributed by atoms with Gasteiger partial charge in [0.2, 0.25) is 5.88 Å². The lowest BCUT2D eigenvalue weighted by atomic mass is 10.1. The average molecular weight is 406 g/mol. The highest BCUT2D eigenvalue weighted by Crippen LogP contribution is 2.31. The molecule has 0 unspecified atom stereocenters. The highest BCUT2D eigenvalue weighted by atomic mass is 79.9. The molecule has 3 rings (SSSR count). The second-order valence-electron chi connectivity index (χ2n) is 6.29. The Morgan fingerprint density at radius 1 is 1.16 bits per heavy atom. The summed E-state index contributed by atoms with van der Waals surface area (Å²) in [5.41, 5.74) is 2.44. The van der Waals surface area contributed by atoms with E-state index in [1.807, 2.05) is 12.3 Å². The molecule has 1 aromatic heterocycles. The minimum atomic E-state index is 0.461. The molecule has 2 aromatic rings. The van der Waals surface area contributed by atoms with Gasteiger partial charge >= 0.3 is 0 Å². The molecule has 1 aliphatic heterocycles. The number of ether oxygens (including phenoxy) is 2. The van der Waals surface area contributed by atoms with Crippen LogP contribution in [0.4, 0.5) is 5.69 Å². The van der Waals surface area contributed by atoms with Crippen LogP contribution in [0.25, 0.3) is 0 Å².